The van der Waals surface area contributed by atoms with Gasteiger partial charge in [0.2, 0.25) is 0 Å². The van der Waals surface area contributed by atoms with E-state index in [0.717, 1.165) is 5.82 Å². The lowest BCUT2D eigenvalue weighted by Gasteiger charge is -2.32. The van der Waals surface area contributed by atoms with Crippen LogP contribution in [0.25, 0.3) is 0 Å². The third kappa shape index (κ3) is 3.01. The van der Waals surface area contributed by atoms with Crippen LogP contribution in [-0.2, 0) is 23.8 Å². The molecule has 1 aromatic heterocycles. The van der Waals surface area contributed by atoms with E-state index in [4.69, 9.17) is 16.7 Å². The normalized spacial score (nSPS) is 19.3. The minimum Gasteiger partial charge on any atom is -0.321 e. The van der Waals surface area contributed by atoms with Gasteiger partial charge < -0.3 is 4.57 Å². The standard InChI is InChI=1S/C9H16ClN5O2S/c1-13-8(10)6-12-9(13)7-14-2-4-15(5-3-14)18(11,16)17/h6H,2-5,7H2,1H3,(H2,11,16,17). The van der Waals surface area contributed by atoms with Crippen LogP contribution in [0, 0.1) is 0 Å². The fourth-order valence-corrected chi connectivity index (χ4v) is 2.73. The summed E-state index contributed by atoms with van der Waals surface area (Å²) in [6.45, 7) is 2.76. The molecule has 7 nitrogen and oxygen atoms in total. The zero-order chi connectivity index (χ0) is 13.3. The Labute approximate surface area is 111 Å². The van der Waals surface area contributed by atoms with Gasteiger partial charge in [-0.1, -0.05) is 11.6 Å². The number of imidazole rings is 1. The number of hydrogen-bond donors (Lipinski definition) is 1. The zero-order valence-corrected chi connectivity index (χ0v) is 11.7. The van der Waals surface area contributed by atoms with Crippen molar-refractivity contribution in [2.45, 2.75) is 6.54 Å². The average molecular weight is 294 g/mol. The lowest BCUT2D eigenvalue weighted by atomic mass is 10.3. The summed E-state index contributed by atoms with van der Waals surface area (Å²) >= 11 is 5.91. The molecular weight excluding hydrogens is 278 g/mol. The molecule has 2 rings (SSSR count). The van der Waals surface area contributed by atoms with Crippen LogP contribution in [-0.4, -0.2) is 53.4 Å². The summed E-state index contributed by atoms with van der Waals surface area (Å²) in [4.78, 5) is 6.34. The lowest BCUT2D eigenvalue weighted by molar-refractivity contribution is 0.177. The monoisotopic (exact) mass is 293 g/mol. The smallest absolute Gasteiger partial charge is 0.276 e. The first-order valence-corrected chi connectivity index (χ1v) is 7.42. The van der Waals surface area contributed by atoms with E-state index in [2.05, 4.69) is 9.88 Å². The molecule has 9 heteroatoms. The first-order valence-electron chi connectivity index (χ1n) is 5.54. The number of nitrogens with two attached hydrogens (primary N) is 1. The van der Waals surface area contributed by atoms with E-state index < -0.39 is 10.2 Å². The fourth-order valence-electron chi connectivity index (χ4n) is 1.91. The SMILES string of the molecule is Cn1c(Cl)cnc1CN1CCN(S(N)(=O)=O)CC1. The number of piperazine rings is 1. The highest BCUT2D eigenvalue weighted by Gasteiger charge is 2.24. The molecule has 1 aromatic rings. The van der Waals surface area contributed by atoms with E-state index >= 15 is 0 Å². The second-order valence-electron chi connectivity index (χ2n) is 4.28. The molecule has 0 spiro atoms. The van der Waals surface area contributed by atoms with E-state index in [1.165, 1.54) is 4.31 Å². The Hall–Kier alpha value is -0.670. The van der Waals surface area contributed by atoms with E-state index in [9.17, 15) is 8.42 Å². The molecule has 2 N–H and O–H groups in total. The molecule has 1 aliphatic rings. The van der Waals surface area contributed by atoms with Gasteiger partial charge in [-0.25, -0.2) is 10.1 Å². The minimum absolute atomic E-state index is 0.414. The Bertz CT molecular complexity index is 521. The van der Waals surface area contributed by atoms with Crippen LogP contribution in [0.15, 0.2) is 6.20 Å². The molecule has 1 aliphatic heterocycles. The number of nitrogens with zero attached hydrogens (tertiary/aromatic N) is 4. The number of rotatable bonds is 3. The first-order chi connectivity index (χ1) is 8.38. The molecule has 18 heavy (non-hydrogen) atoms. The second kappa shape index (κ2) is 5.14. The van der Waals surface area contributed by atoms with Crippen molar-refractivity contribution in [1.82, 2.24) is 18.8 Å². The first kappa shape index (κ1) is 13.8. The van der Waals surface area contributed by atoms with E-state index in [1.807, 2.05) is 11.6 Å². The topological polar surface area (TPSA) is 84.5 Å². The molecule has 1 saturated heterocycles. The maximum atomic E-state index is 11.2. The average Bonchev–Trinajstić information content (AvgIpc) is 2.61. The van der Waals surface area contributed by atoms with Crippen LogP contribution in [0.5, 0.6) is 0 Å². The third-order valence-corrected chi connectivity index (χ3v) is 4.52. The number of halogens is 1. The Morgan fingerprint density at radius 2 is 2.00 bits per heavy atom. The van der Waals surface area contributed by atoms with Crippen LogP contribution in [0.3, 0.4) is 0 Å². The molecule has 0 saturated carbocycles. The van der Waals surface area contributed by atoms with Crippen molar-refractivity contribution in [3.8, 4) is 0 Å². The summed E-state index contributed by atoms with van der Waals surface area (Å²) in [6.07, 6.45) is 1.61. The summed E-state index contributed by atoms with van der Waals surface area (Å²) in [5, 5.41) is 5.67. The van der Waals surface area contributed by atoms with Gasteiger partial charge in [0.1, 0.15) is 11.0 Å². The Morgan fingerprint density at radius 1 is 1.39 bits per heavy atom. The highest BCUT2D eigenvalue weighted by molar-refractivity contribution is 7.86. The molecule has 0 radical (unpaired) electrons. The van der Waals surface area contributed by atoms with Crippen LogP contribution in [0.4, 0.5) is 0 Å². The van der Waals surface area contributed by atoms with Crippen molar-refractivity contribution in [2.24, 2.45) is 12.2 Å². The van der Waals surface area contributed by atoms with Crippen LogP contribution in [0.1, 0.15) is 5.82 Å². The molecular formula is C9H16ClN5O2S. The van der Waals surface area contributed by atoms with Gasteiger partial charge in [0.25, 0.3) is 10.2 Å². The Morgan fingerprint density at radius 3 is 2.44 bits per heavy atom. The molecule has 1 fully saturated rings. The quantitative estimate of drug-likeness (QED) is 0.806. The molecule has 0 aromatic carbocycles. The summed E-state index contributed by atoms with van der Waals surface area (Å²) in [6, 6.07) is 0. The van der Waals surface area contributed by atoms with Gasteiger partial charge in [-0.05, 0) is 0 Å². The second-order valence-corrected chi connectivity index (χ2v) is 6.21. The maximum absolute atomic E-state index is 11.2. The van der Waals surface area contributed by atoms with Crippen molar-refractivity contribution in [3.05, 3.63) is 17.2 Å². The number of aromatic nitrogens is 2. The van der Waals surface area contributed by atoms with E-state index in [0.29, 0.717) is 37.9 Å². The van der Waals surface area contributed by atoms with Crippen molar-refractivity contribution in [2.75, 3.05) is 26.2 Å². The molecule has 0 amide bonds. The summed E-state index contributed by atoms with van der Waals surface area (Å²) in [5.41, 5.74) is 0. The van der Waals surface area contributed by atoms with Gasteiger partial charge >= 0.3 is 0 Å². The largest absolute Gasteiger partial charge is 0.321 e. The van der Waals surface area contributed by atoms with Crippen molar-refractivity contribution in [3.63, 3.8) is 0 Å². The molecule has 0 aliphatic carbocycles. The van der Waals surface area contributed by atoms with Crippen molar-refractivity contribution >= 4 is 21.8 Å². The fraction of sp³-hybridized carbons (Fsp3) is 0.667. The minimum atomic E-state index is -3.56. The maximum Gasteiger partial charge on any atom is 0.276 e. The highest BCUT2D eigenvalue weighted by Crippen LogP contribution is 2.12. The van der Waals surface area contributed by atoms with E-state index in [1.54, 1.807) is 6.20 Å². The highest BCUT2D eigenvalue weighted by atomic mass is 35.5. The number of hydrogen-bond acceptors (Lipinski definition) is 4. The van der Waals surface area contributed by atoms with Crippen molar-refractivity contribution < 1.29 is 8.42 Å². The molecule has 102 valence electrons. The predicted octanol–water partition coefficient (Wildman–Crippen LogP) is -0.605. The molecule has 0 bridgehead atoms. The summed E-state index contributed by atoms with van der Waals surface area (Å²) < 4.78 is 25.4. The van der Waals surface area contributed by atoms with Crippen molar-refractivity contribution in [1.29, 1.82) is 0 Å². The van der Waals surface area contributed by atoms with Gasteiger partial charge in [0.15, 0.2) is 0 Å². The van der Waals surface area contributed by atoms with Gasteiger partial charge in [-0.15, -0.1) is 0 Å². The predicted molar refractivity (Wildman–Crippen MR) is 68.2 cm³/mol. The molecule has 0 atom stereocenters. The zero-order valence-electron chi connectivity index (χ0n) is 10.1. The van der Waals surface area contributed by atoms with Gasteiger partial charge in [-0.2, -0.15) is 12.7 Å². The van der Waals surface area contributed by atoms with Crippen LogP contribution in [0.2, 0.25) is 5.15 Å². The summed E-state index contributed by atoms with van der Waals surface area (Å²) in [5.74, 6) is 0.865. The van der Waals surface area contributed by atoms with Crippen LogP contribution < -0.4 is 5.14 Å². The van der Waals surface area contributed by atoms with E-state index in [-0.39, 0.29) is 0 Å². The lowest BCUT2D eigenvalue weighted by Crippen LogP contribution is -2.50. The molecule has 2 heterocycles. The van der Waals surface area contributed by atoms with Crippen LogP contribution >= 0.6 is 11.6 Å². The Kier molecular flexibility index (Phi) is 3.93. The van der Waals surface area contributed by atoms with Gasteiger partial charge in [-0.3, -0.25) is 4.90 Å². The van der Waals surface area contributed by atoms with Gasteiger partial charge in [0.05, 0.1) is 12.7 Å². The molecule has 0 unspecified atom stereocenters. The summed E-state index contributed by atoms with van der Waals surface area (Å²) in [7, 11) is -1.71. The Balaban J connectivity index is 1.93. The van der Waals surface area contributed by atoms with Gasteiger partial charge in [0, 0.05) is 33.2 Å². The third-order valence-electron chi connectivity index (χ3n) is 3.08.